The van der Waals surface area contributed by atoms with Gasteiger partial charge in [-0.2, -0.15) is 0 Å². The van der Waals surface area contributed by atoms with Gasteiger partial charge in [0.15, 0.2) is 0 Å². The highest BCUT2D eigenvalue weighted by Crippen LogP contribution is 2.06. The van der Waals surface area contributed by atoms with Gasteiger partial charge in [-0.25, -0.2) is 0 Å². The van der Waals surface area contributed by atoms with Crippen molar-refractivity contribution in [2.75, 3.05) is 6.61 Å². The number of carbonyl (C=O) groups is 2. The number of benzene rings is 1. The zero-order chi connectivity index (χ0) is 15.1. The summed E-state index contributed by atoms with van der Waals surface area (Å²) in [6, 6.07) is 5.86. The van der Waals surface area contributed by atoms with Crippen molar-refractivity contribution in [3.05, 3.63) is 35.4 Å². The minimum absolute atomic E-state index is 0.0776. The van der Waals surface area contributed by atoms with Crippen LogP contribution in [0.15, 0.2) is 24.3 Å². The van der Waals surface area contributed by atoms with Gasteiger partial charge >= 0.3 is 0 Å². The largest absolute Gasteiger partial charge is 0.384 e. The fraction of sp³-hybridized carbons (Fsp3) is 0.333. The van der Waals surface area contributed by atoms with Crippen LogP contribution in [0.1, 0.15) is 29.8 Å². The lowest BCUT2D eigenvalue weighted by Crippen LogP contribution is -2.47. The molecular weight excluding hydrogens is 256 g/mol. The van der Waals surface area contributed by atoms with Gasteiger partial charge in [0.05, 0.1) is 0 Å². The lowest BCUT2D eigenvalue weighted by Gasteiger charge is -2.18. The molecule has 2 amide bonds. The second-order valence-corrected chi connectivity index (χ2v) is 4.63. The van der Waals surface area contributed by atoms with E-state index >= 15 is 0 Å². The molecule has 106 valence electrons. The first-order valence-electron chi connectivity index (χ1n) is 6.25. The number of hydrogen-bond donors (Lipinski definition) is 3. The molecule has 4 N–H and O–H groups in total. The van der Waals surface area contributed by atoms with Crippen LogP contribution in [0.5, 0.6) is 0 Å². The highest BCUT2D eigenvalue weighted by Gasteiger charge is 2.21. The SMILES string of the molecule is CC(C)C(NC(=O)c1ccc(C#CCO)cc1)C(N)=O. The van der Waals surface area contributed by atoms with E-state index in [1.807, 2.05) is 13.8 Å². The molecule has 1 aromatic rings. The fourth-order valence-corrected chi connectivity index (χ4v) is 1.64. The molecular formula is C15H18N2O3. The number of amides is 2. The Hall–Kier alpha value is -2.32. The van der Waals surface area contributed by atoms with E-state index in [-0.39, 0.29) is 18.4 Å². The predicted octanol–water partition coefficient (Wildman–Crippen LogP) is 0.270. The molecule has 5 nitrogen and oxygen atoms in total. The molecule has 0 aliphatic rings. The Morgan fingerprint density at radius 1 is 1.30 bits per heavy atom. The summed E-state index contributed by atoms with van der Waals surface area (Å²) in [5.74, 6) is 4.26. The normalized spacial score (nSPS) is 11.4. The van der Waals surface area contributed by atoms with E-state index in [0.29, 0.717) is 11.1 Å². The third-order valence-corrected chi connectivity index (χ3v) is 2.72. The summed E-state index contributed by atoms with van der Waals surface area (Å²) in [5.41, 5.74) is 6.37. The van der Waals surface area contributed by atoms with Crippen molar-refractivity contribution < 1.29 is 14.7 Å². The monoisotopic (exact) mass is 274 g/mol. The standard InChI is InChI=1S/C15H18N2O3/c1-10(2)13(14(16)19)17-15(20)12-7-5-11(6-8-12)4-3-9-18/h5-8,10,13,18H,9H2,1-2H3,(H2,16,19)(H,17,20). The number of carbonyl (C=O) groups excluding carboxylic acids is 2. The maximum absolute atomic E-state index is 12.0. The molecule has 0 saturated heterocycles. The second-order valence-electron chi connectivity index (χ2n) is 4.63. The third-order valence-electron chi connectivity index (χ3n) is 2.72. The highest BCUT2D eigenvalue weighted by molar-refractivity contribution is 5.97. The van der Waals surface area contributed by atoms with Crippen molar-refractivity contribution >= 4 is 11.8 Å². The highest BCUT2D eigenvalue weighted by atomic mass is 16.2. The van der Waals surface area contributed by atoms with Gasteiger partial charge in [0.25, 0.3) is 5.91 Å². The van der Waals surface area contributed by atoms with Crippen molar-refractivity contribution in [2.45, 2.75) is 19.9 Å². The van der Waals surface area contributed by atoms with Crippen LogP contribution in [0.4, 0.5) is 0 Å². The molecule has 0 spiro atoms. The Morgan fingerprint density at radius 2 is 1.90 bits per heavy atom. The number of aliphatic hydroxyl groups is 1. The maximum atomic E-state index is 12.0. The van der Waals surface area contributed by atoms with Crippen LogP contribution in [0.3, 0.4) is 0 Å². The van der Waals surface area contributed by atoms with E-state index in [1.165, 1.54) is 0 Å². The average Bonchev–Trinajstić information content (AvgIpc) is 2.42. The van der Waals surface area contributed by atoms with E-state index in [1.54, 1.807) is 24.3 Å². The van der Waals surface area contributed by atoms with Crippen LogP contribution >= 0.6 is 0 Å². The summed E-state index contributed by atoms with van der Waals surface area (Å²) in [6.45, 7) is 3.41. The summed E-state index contributed by atoms with van der Waals surface area (Å²) in [4.78, 5) is 23.2. The first-order chi connectivity index (χ1) is 9.45. The number of primary amides is 1. The molecule has 0 heterocycles. The van der Waals surface area contributed by atoms with Gasteiger partial charge in [-0.05, 0) is 30.2 Å². The molecule has 20 heavy (non-hydrogen) atoms. The van der Waals surface area contributed by atoms with Crippen molar-refractivity contribution in [1.29, 1.82) is 0 Å². The summed E-state index contributed by atoms with van der Waals surface area (Å²) < 4.78 is 0. The molecule has 0 aliphatic heterocycles. The van der Waals surface area contributed by atoms with Gasteiger partial charge in [-0.1, -0.05) is 25.7 Å². The van der Waals surface area contributed by atoms with Crippen LogP contribution in [-0.4, -0.2) is 29.6 Å². The Morgan fingerprint density at radius 3 is 2.35 bits per heavy atom. The molecule has 0 aromatic heterocycles. The molecule has 1 atom stereocenters. The molecule has 0 aliphatic carbocycles. The lowest BCUT2D eigenvalue weighted by molar-refractivity contribution is -0.120. The molecule has 1 unspecified atom stereocenters. The van der Waals surface area contributed by atoms with Gasteiger partial charge < -0.3 is 16.2 Å². The van der Waals surface area contributed by atoms with Crippen LogP contribution < -0.4 is 11.1 Å². The zero-order valence-corrected chi connectivity index (χ0v) is 11.5. The molecule has 1 aromatic carbocycles. The number of aliphatic hydroxyl groups excluding tert-OH is 1. The van der Waals surface area contributed by atoms with Crippen LogP contribution in [0, 0.1) is 17.8 Å². The minimum atomic E-state index is -0.698. The van der Waals surface area contributed by atoms with E-state index in [9.17, 15) is 9.59 Å². The van der Waals surface area contributed by atoms with E-state index in [0.717, 1.165) is 0 Å². The number of rotatable bonds is 4. The summed E-state index contributed by atoms with van der Waals surface area (Å²) in [5, 5.41) is 11.2. The molecule has 0 saturated carbocycles. The lowest BCUT2D eigenvalue weighted by atomic mass is 10.0. The summed E-state index contributed by atoms with van der Waals surface area (Å²) in [7, 11) is 0. The zero-order valence-electron chi connectivity index (χ0n) is 11.5. The predicted molar refractivity (Wildman–Crippen MR) is 75.7 cm³/mol. The first-order valence-corrected chi connectivity index (χ1v) is 6.25. The van der Waals surface area contributed by atoms with Gasteiger partial charge in [0.1, 0.15) is 12.6 Å². The summed E-state index contributed by atoms with van der Waals surface area (Å²) in [6.07, 6.45) is 0. The Kier molecular flexibility index (Phi) is 5.75. The smallest absolute Gasteiger partial charge is 0.251 e. The second kappa shape index (κ2) is 7.31. The number of hydrogen-bond acceptors (Lipinski definition) is 3. The van der Waals surface area contributed by atoms with Crippen molar-refractivity contribution in [3.63, 3.8) is 0 Å². The Labute approximate surface area is 118 Å². The molecule has 5 heteroatoms. The first kappa shape index (κ1) is 15.7. The van der Waals surface area contributed by atoms with Crippen molar-refractivity contribution in [3.8, 4) is 11.8 Å². The third kappa shape index (κ3) is 4.41. The quantitative estimate of drug-likeness (QED) is 0.688. The van der Waals surface area contributed by atoms with E-state index in [2.05, 4.69) is 17.2 Å². The fourth-order valence-electron chi connectivity index (χ4n) is 1.64. The number of nitrogens with one attached hydrogen (secondary N) is 1. The topological polar surface area (TPSA) is 92.4 Å². The average molecular weight is 274 g/mol. The van der Waals surface area contributed by atoms with Crippen LogP contribution in [-0.2, 0) is 4.79 Å². The molecule has 0 fully saturated rings. The van der Waals surface area contributed by atoms with Crippen LogP contribution in [0.2, 0.25) is 0 Å². The van der Waals surface area contributed by atoms with Gasteiger partial charge in [-0.3, -0.25) is 9.59 Å². The maximum Gasteiger partial charge on any atom is 0.251 e. The molecule has 1 rings (SSSR count). The minimum Gasteiger partial charge on any atom is -0.384 e. The van der Waals surface area contributed by atoms with Gasteiger partial charge in [0.2, 0.25) is 5.91 Å². The van der Waals surface area contributed by atoms with Crippen molar-refractivity contribution in [1.82, 2.24) is 5.32 Å². The van der Waals surface area contributed by atoms with E-state index in [4.69, 9.17) is 10.8 Å². The van der Waals surface area contributed by atoms with Crippen LogP contribution in [0.25, 0.3) is 0 Å². The Balaban J connectivity index is 2.80. The van der Waals surface area contributed by atoms with Crippen molar-refractivity contribution in [2.24, 2.45) is 11.7 Å². The van der Waals surface area contributed by atoms with Gasteiger partial charge in [-0.15, -0.1) is 0 Å². The number of nitrogens with two attached hydrogens (primary N) is 1. The molecule has 0 bridgehead atoms. The van der Waals surface area contributed by atoms with Gasteiger partial charge in [0, 0.05) is 11.1 Å². The molecule has 0 radical (unpaired) electrons. The van der Waals surface area contributed by atoms with E-state index < -0.39 is 11.9 Å². The Bertz CT molecular complexity index is 538. The summed E-state index contributed by atoms with van der Waals surface area (Å²) >= 11 is 0.